The fraction of sp³-hybridized carbons (Fsp3) is 0.143. The summed E-state index contributed by atoms with van der Waals surface area (Å²) in [5, 5.41) is 0. The van der Waals surface area contributed by atoms with Crippen LogP contribution in [0.2, 0.25) is 0 Å². The number of hydrogen-bond acceptors (Lipinski definition) is 6. The Labute approximate surface area is 165 Å². The van der Waals surface area contributed by atoms with Gasteiger partial charge in [0.05, 0.1) is 21.3 Å². The molecule has 0 spiro atoms. The van der Waals surface area contributed by atoms with Crippen LogP contribution in [0.4, 0.5) is 0 Å². The standard InChI is InChI=1S/C21H21O6P/c1-22-16-7-4-10-19(13-16)25-28(26-20-11-5-8-17(14-20)23-2)27-21-12-6-9-18(15-21)24-3/h4-15H,1-3H3. The van der Waals surface area contributed by atoms with Gasteiger partial charge < -0.3 is 27.8 Å². The number of ether oxygens (including phenoxy) is 3. The Morgan fingerprint density at radius 3 is 1.04 bits per heavy atom. The molecule has 0 unspecified atom stereocenters. The maximum atomic E-state index is 5.97. The molecule has 146 valence electrons. The minimum absolute atomic E-state index is 0.566. The Morgan fingerprint density at radius 1 is 0.464 bits per heavy atom. The van der Waals surface area contributed by atoms with E-state index in [0.29, 0.717) is 34.5 Å². The van der Waals surface area contributed by atoms with E-state index in [2.05, 4.69) is 0 Å². The van der Waals surface area contributed by atoms with Crippen LogP contribution in [0.25, 0.3) is 0 Å². The van der Waals surface area contributed by atoms with Gasteiger partial charge in [-0.05, 0) is 36.4 Å². The Morgan fingerprint density at radius 2 is 0.750 bits per heavy atom. The molecule has 0 saturated heterocycles. The van der Waals surface area contributed by atoms with Crippen molar-refractivity contribution in [3.05, 3.63) is 72.8 Å². The molecule has 0 aliphatic carbocycles. The van der Waals surface area contributed by atoms with Crippen LogP contribution in [-0.4, -0.2) is 21.3 Å². The average molecular weight is 400 g/mol. The number of benzene rings is 3. The summed E-state index contributed by atoms with van der Waals surface area (Å²) >= 11 is 0. The van der Waals surface area contributed by atoms with Crippen molar-refractivity contribution < 1.29 is 27.8 Å². The number of hydrogen-bond donors (Lipinski definition) is 0. The van der Waals surface area contributed by atoms with E-state index < -0.39 is 8.60 Å². The third kappa shape index (κ3) is 5.44. The smallest absolute Gasteiger partial charge is 0.497 e. The second-order valence-electron chi connectivity index (χ2n) is 5.53. The van der Waals surface area contributed by atoms with Gasteiger partial charge in [-0.1, -0.05) is 18.2 Å². The minimum Gasteiger partial charge on any atom is -0.497 e. The highest BCUT2D eigenvalue weighted by molar-refractivity contribution is 7.43. The lowest BCUT2D eigenvalue weighted by molar-refractivity contribution is 0.377. The summed E-state index contributed by atoms with van der Waals surface area (Å²) in [4.78, 5) is 0. The molecule has 0 bridgehead atoms. The van der Waals surface area contributed by atoms with E-state index in [9.17, 15) is 0 Å². The molecule has 0 fully saturated rings. The molecule has 0 aliphatic rings. The summed E-state index contributed by atoms with van der Waals surface area (Å²) in [5.74, 6) is 3.73. The summed E-state index contributed by atoms with van der Waals surface area (Å²) in [6, 6.07) is 21.7. The zero-order valence-electron chi connectivity index (χ0n) is 15.8. The first kappa shape index (κ1) is 19.6. The minimum atomic E-state index is -1.81. The molecule has 0 saturated carbocycles. The van der Waals surface area contributed by atoms with Gasteiger partial charge in [0, 0.05) is 18.2 Å². The van der Waals surface area contributed by atoms with Crippen molar-refractivity contribution in [1.82, 2.24) is 0 Å². The van der Waals surface area contributed by atoms with Gasteiger partial charge in [0.1, 0.15) is 34.5 Å². The zero-order valence-corrected chi connectivity index (χ0v) is 16.7. The van der Waals surface area contributed by atoms with Crippen LogP contribution in [0.3, 0.4) is 0 Å². The highest BCUT2D eigenvalue weighted by Gasteiger charge is 2.20. The molecule has 3 aromatic carbocycles. The molecule has 0 heterocycles. The fourth-order valence-corrected chi connectivity index (χ4v) is 3.26. The van der Waals surface area contributed by atoms with Crippen LogP contribution in [0.5, 0.6) is 34.5 Å². The summed E-state index contributed by atoms with van der Waals surface area (Å²) in [5.41, 5.74) is 0. The van der Waals surface area contributed by atoms with Crippen molar-refractivity contribution in [2.75, 3.05) is 21.3 Å². The average Bonchev–Trinajstić information content (AvgIpc) is 2.74. The zero-order chi connectivity index (χ0) is 19.8. The maximum Gasteiger partial charge on any atom is 0.530 e. The molecule has 0 amide bonds. The SMILES string of the molecule is COc1cccc(OP(Oc2cccc(OC)c2)Oc2cccc(OC)c2)c1. The third-order valence-electron chi connectivity index (χ3n) is 3.66. The molecule has 0 N–H and O–H groups in total. The lowest BCUT2D eigenvalue weighted by Crippen LogP contribution is -2.02. The third-order valence-corrected chi connectivity index (χ3v) is 4.74. The van der Waals surface area contributed by atoms with Gasteiger partial charge in [-0.25, -0.2) is 0 Å². The number of methoxy groups -OCH3 is 3. The largest absolute Gasteiger partial charge is 0.530 e. The maximum absolute atomic E-state index is 5.97. The first-order valence-electron chi connectivity index (χ1n) is 8.46. The molecular weight excluding hydrogens is 379 g/mol. The van der Waals surface area contributed by atoms with Crippen LogP contribution >= 0.6 is 8.60 Å². The summed E-state index contributed by atoms with van der Waals surface area (Å²) in [7, 11) is 2.99. The molecule has 6 nitrogen and oxygen atoms in total. The van der Waals surface area contributed by atoms with E-state index in [1.54, 1.807) is 39.5 Å². The molecular formula is C21H21O6P. The first-order chi connectivity index (χ1) is 13.7. The summed E-state index contributed by atoms with van der Waals surface area (Å²) < 4.78 is 33.6. The van der Waals surface area contributed by atoms with E-state index in [1.807, 2.05) is 54.6 Å². The monoisotopic (exact) mass is 400 g/mol. The fourth-order valence-electron chi connectivity index (χ4n) is 2.29. The van der Waals surface area contributed by atoms with Gasteiger partial charge >= 0.3 is 8.60 Å². The molecule has 0 aromatic heterocycles. The van der Waals surface area contributed by atoms with Gasteiger partial charge in [-0.15, -0.1) is 0 Å². The van der Waals surface area contributed by atoms with Gasteiger partial charge in [-0.3, -0.25) is 0 Å². The predicted octanol–water partition coefficient (Wildman–Crippen LogP) is 5.48. The lowest BCUT2D eigenvalue weighted by atomic mass is 10.3. The molecule has 28 heavy (non-hydrogen) atoms. The van der Waals surface area contributed by atoms with Gasteiger partial charge in [0.2, 0.25) is 0 Å². The molecule has 0 aliphatic heterocycles. The Kier molecular flexibility index (Phi) is 6.82. The predicted molar refractivity (Wildman–Crippen MR) is 108 cm³/mol. The molecule has 7 heteroatoms. The quantitative estimate of drug-likeness (QED) is 0.444. The molecule has 0 atom stereocenters. The van der Waals surface area contributed by atoms with Crippen molar-refractivity contribution >= 4 is 8.60 Å². The van der Waals surface area contributed by atoms with Gasteiger partial charge in [-0.2, -0.15) is 0 Å². The van der Waals surface area contributed by atoms with Crippen LogP contribution < -0.4 is 27.8 Å². The second kappa shape index (κ2) is 9.72. The van der Waals surface area contributed by atoms with Gasteiger partial charge in [0.15, 0.2) is 0 Å². The molecule has 3 aromatic rings. The second-order valence-corrected chi connectivity index (χ2v) is 6.53. The van der Waals surface area contributed by atoms with E-state index in [0.717, 1.165) is 0 Å². The number of rotatable bonds is 9. The van der Waals surface area contributed by atoms with Crippen molar-refractivity contribution in [1.29, 1.82) is 0 Å². The first-order valence-corrected chi connectivity index (χ1v) is 9.56. The Bertz CT molecular complexity index is 784. The van der Waals surface area contributed by atoms with Gasteiger partial charge in [0.25, 0.3) is 0 Å². The van der Waals surface area contributed by atoms with Crippen molar-refractivity contribution in [3.63, 3.8) is 0 Å². The van der Waals surface area contributed by atoms with E-state index in [1.165, 1.54) is 0 Å². The van der Waals surface area contributed by atoms with E-state index in [-0.39, 0.29) is 0 Å². The molecule has 3 rings (SSSR count). The van der Waals surface area contributed by atoms with Crippen LogP contribution in [-0.2, 0) is 0 Å². The summed E-state index contributed by atoms with van der Waals surface area (Å²) in [6.45, 7) is 0. The van der Waals surface area contributed by atoms with Crippen LogP contribution in [0, 0.1) is 0 Å². The van der Waals surface area contributed by atoms with Crippen molar-refractivity contribution in [2.24, 2.45) is 0 Å². The molecule has 0 radical (unpaired) electrons. The van der Waals surface area contributed by atoms with E-state index in [4.69, 9.17) is 27.8 Å². The topological polar surface area (TPSA) is 55.4 Å². The highest BCUT2D eigenvalue weighted by Crippen LogP contribution is 2.43. The lowest BCUT2D eigenvalue weighted by Gasteiger charge is -2.18. The highest BCUT2D eigenvalue weighted by atomic mass is 31.2. The Hall–Kier alpha value is -3.11. The normalized spacial score (nSPS) is 10.3. The van der Waals surface area contributed by atoms with Crippen LogP contribution in [0.15, 0.2) is 72.8 Å². The Balaban J connectivity index is 1.83. The van der Waals surface area contributed by atoms with Crippen molar-refractivity contribution in [3.8, 4) is 34.5 Å². The van der Waals surface area contributed by atoms with Crippen LogP contribution in [0.1, 0.15) is 0 Å². The van der Waals surface area contributed by atoms with E-state index >= 15 is 0 Å². The summed E-state index contributed by atoms with van der Waals surface area (Å²) in [6.07, 6.45) is 0. The van der Waals surface area contributed by atoms with Crippen molar-refractivity contribution in [2.45, 2.75) is 0 Å².